The van der Waals surface area contributed by atoms with E-state index in [1.54, 1.807) is 0 Å². The van der Waals surface area contributed by atoms with E-state index in [1.165, 1.54) is 18.2 Å². The van der Waals surface area contributed by atoms with Crippen molar-refractivity contribution in [2.75, 3.05) is 0 Å². The van der Waals surface area contributed by atoms with Crippen LogP contribution in [0.15, 0.2) is 30.5 Å². The molecule has 0 radical (unpaired) electrons. The van der Waals surface area contributed by atoms with Crippen molar-refractivity contribution in [2.24, 2.45) is 5.92 Å². The summed E-state index contributed by atoms with van der Waals surface area (Å²) in [6.45, 7) is 1.93. The van der Waals surface area contributed by atoms with Crippen LogP contribution in [0.2, 0.25) is 0 Å². The van der Waals surface area contributed by atoms with Crippen LogP contribution in [0.25, 0.3) is 10.9 Å². The minimum absolute atomic E-state index is 0.674. The van der Waals surface area contributed by atoms with Gasteiger partial charge in [-0.05, 0) is 48.4 Å². The van der Waals surface area contributed by atoms with Crippen LogP contribution in [-0.2, 0) is 5.60 Å². The molecule has 1 aromatic carbocycles. The molecule has 1 fully saturated rings. The number of rotatable bonds is 3. The Morgan fingerprint density at radius 1 is 1.38 bits per heavy atom. The summed E-state index contributed by atoms with van der Waals surface area (Å²) in [5.74, 6) is 0.733. The van der Waals surface area contributed by atoms with Gasteiger partial charge in [-0.3, -0.25) is 0 Å². The average molecular weight is 215 g/mol. The highest BCUT2D eigenvalue weighted by Gasteiger charge is 2.32. The number of benzene rings is 1. The standard InChI is InChI=1S/C14H17NO/c1-14(16,9-10-2-3-10)12-4-5-13-11(8-12)6-7-15-13/h4-8,10,15-16H,2-3,9H2,1H3. The Labute approximate surface area is 95.3 Å². The van der Waals surface area contributed by atoms with Gasteiger partial charge in [-0.25, -0.2) is 0 Å². The summed E-state index contributed by atoms with van der Waals surface area (Å²) in [6.07, 6.45) is 5.39. The monoisotopic (exact) mass is 215 g/mol. The molecule has 0 saturated heterocycles. The molecule has 1 aliphatic rings. The van der Waals surface area contributed by atoms with Gasteiger partial charge in [0.15, 0.2) is 0 Å². The van der Waals surface area contributed by atoms with Crippen LogP contribution >= 0.6 is 0 Å². The maximum atomic E-state index is 10.5. The van der Waals surface area contributed by atoms with Crippen LogP contribution < -0.4 is 0 Å². The third kappa shape index (κ3) is 1.74. The molecule has 1 saturated carbocycles. The van der Waals surface area contributed by atoms with Gasteiger partial charge in [-0.2, -0.15) is 0 Å². The lowest BCUT2D eigenvalue weighted by atomic mass is 9.90. The van der Waals surface area contributed by atoms with E-state index in [1.807, 2.05) is 31.3 Å². The first-order valence-electron chi connectivity index (χ1n) is 5.95. The van der Waals surface area contributed by atoms with Gasteiger partial charge in [0.1, 0.15) is 0 Å². The highest BCUT2D eigenvalue weighted by atomic mass is 16.3. The molecule has 0 aliphatic heterocycles. The summed E-state index contributed by atoms with van der Waals surface area (Å²) in [6, 6.07) is 8.22. The molecule has 16 heavy (non-hydrogen) atoms. The van der Waals surface area contributed by atoms with Gasteiger partial charge in [-0.1, -0.05) is 18.9 Å². The number of hydrogen-bond donors (Lipinski definition) is 2. The van der Waals surface area contributed by atoms with Crippen molar-refractivity contribution in [3.63, 3.8) is 0 Å². The maximum absolute atomic E-state index is 10.5. The van der Waals surface area contributed by atoms with Crippen LogP contribution in [0.3, 0.4) is 0 Å². The third-order valence-electron chi connectivity index (χ3n) is 3.56. The third-order valence-corrected chi connectivity index (χ3v) is 3.56. The van der Waals surface area contributed by atoms with Gasteiger partial charge in [-0.15, -0.1) is 0 Å². The second kappa shape index (κ2) is 3.36. The molecule has 2 nitrogen and oxygen atoms in total. The lowest BCUT2D eigenvalue weighted by Crippen LogP contribution is -2.21. The first-order valence-corrected chi connectivity index (χ1v) is 5.95. The Kier molecular flexibility index (Phi) is 2.08. The second-order valence-corrected chi connectivity index (χ2v) is 5.20. The van der Waals surface area contributed by atoms with Gasteiger partial charge >= 0.3 is 0 Å². The number of hydrogen-bond acceptors (Lipinski definition) is 1. The molecule has 2 N–H and O–H groups in total. The van der Waals surface area contributed by atoms with E-state index in [0.29, 0.717) is 0 Å². The van der Waals surface area contributed by atoms with E-state index in [4.69, 9.17) is 0 Å². The summed E-state index contributed by atoms with van der Waals surface area (Å²) >= 11 is 0. The molecule has 0 amide bonds. The topological polar surface area (TPSA) is 36.0 Å². The fraction of sp³-hybridized carbons (Fsp3) is 0.429. The maximum Gasteiger partial charge on any atom is 0.0871 e. The van der Waals surface area contributed by atoms with Crippen LogP contribution in [0, 0.1) is 5.92 Å². The molecule has 1 aromatic heterocycles. The number of nitrogens with one attached hydrogen (secondary N) is 1. The van der Waals surface area contributed by atoms with Crippen LogP contribution in [-0.4, -0.2) is 10.1 Å². The van der Waals surface area contributed by atoms with E-state index < -0.39 is 5.60 Å². The van der Waals surface area contributed by atoms with E-state index in [-0.39, 0.29) is 0 Å². The van der Waals surface area contributed by atoms with E-state index in [0.717, 1.165) is 23.4 Å². The molecule has 1 aliphatic carbocycles. The summed E-state index contributed by atoms with van der Waals surface area (Å²) in [4.78, 5) is 3.17. The van der Waals surface area contributed by atoms with E-state index in [9.17, 15) is 5.11 Å². The van der Waals surface area contributed by atoms with Gasteiger partial charge in [0.05, 0.1) is 5.60 Å². The molecule has 2 aromatic rings. The predicted molar refractivity (Wildman–Crippen MR) is 65.2 cm³/mol. The first-order chi connectivity index (χ1) is 7.65. The zero-order chi connectivity index (χ0) is 11.2. The lowest BCUT2D eigenvalue weighted by Gasteiger charge is -2.23. The molecule has 3 rings (SSSR count). The molecule has 2 heteroatoms. The van der Waals surface area contributed by atoms with Gasteiger partial charge in [0, 0.05) is 11.7 Å². The minimum atomic E-state index is -0.674. The van der Waals surface area contributed by atoms with Crippen molar-refractivity contribution in [3.8, 4) is 0 Å². The highest BCUT2D eigenvalue weighted by Crippen LogP contribution is 2.40. The van der Waals surface area contributed by atoms with Gasteiger partial charge in [0.25, 0.3) is 0 Å². The molecule has 1 heterocycles. The summed E-state index contributed by atoms with van der Waals surface area (Å²) in [5.41, 5.74) is 1.49. The smallest absolute Gasteiger partial charge is 0.0871 e. The summed E-state index contributed by atoms with van der Waals surface area (Å²) in [5, 5.41) is 11.7. The Balaban J connectivity index is 1.96. The molecule has 1 unspecified atom stereocenters. The highest BCUT2D eigenvalue weighted by molar-refractivity contribution is 5.80. The zero-order valence-corrected chi connectivity index (χ0v) is 9.53. The summed E-state index contributed by atoms with van der Waals surface area (Å²) in [7, 11) is 0. The summed E-state index contributed by atoms with van der Waals surface area (Å²) < 4.78 is 0. The second-order valence-electron chi connectivity index (χ2n) is 5.20. The first kappa shape index (κ1) is 9.91. The molecular formula is C14H17NO. The molecule has 0 spiro atoms. The normalized spacial score (nSPS) is 19.9. The SMILES string of the molecule is CC(O)(CC1CC1)c1ccc2[nH]ccc2c1. The van der Waals surface area contributed by atoms with Crippen molar-refractivity contribution >= 4 is 10.9 Å². The number of aliphatic hydroxyl groups is 1. The quantitative estimate of drug-likeness (QED) is 0.810. The molecule has 0 bridgehead atoms. The molecular weight excluding hydrogens is 198 g/mol. The zero-order valence-electron chi connectivity index (χ0n) is 9.53. The Bertz CT molecular complexity index is 508. The van der Waals surface area contributed by atoms with Crippen molar-refractivity contribution in [2.45, 2.75) is 31.8 Å². The molecule has 1 atom stereocenters. The van der Waals surface area contributed by atoms with Crippen LogP contribution in [0.4, 0.5) is 0 Å². The predicted octanol–water partition coefficient (Wildman–Crippen LogP) is 3.18. The van der Waals surface area contributed by atoms with Gasteiger partial charge < -0.3 is 10.1 Å². The van der Waals surface area contributed by atoms with E-state index in [2.05, 4.69) is 11.1 Å². The van der Waals surface area contributed by atoms with Crippen molar-refractivity contribution < 1.29 is 5.11 Å². The lowest BCUT2D eigenvalue weighted by molar-refractivity contribution is 0.0419. The Hall–Kier alpha value is -1.28. The van der Waals surface area contributed by atoms with Crippen molar-refractivity contribution in [1.29, 1.82) is 0 Å². The fourth-order valence-electron chi connectivity index (χ4n) is 2.39. The number of H-pyrrole nitrogens is 1. The molecule has 84 valence electrons. The largest absolute Gasteiger partial charge is 0.385 e. The number of fused-ring (bicyclic) bond motifs is 1. The van der Waals surface area contributed by atoms with Crippen molar-refractivity contribution in [3.05, 3.63) is 36.0 Å². The Morgan fingerprint density at radius 3 is 2.94 bits per heavy atom. The minimum Gasteiger partial charge on any atom is -0.385 e. The number of aromatic amines is 1. The Morgan fingerprint density at radius 2 is 2.19 bits per heavy atom. The van der Waals surface area contributed by atoms with Crippen LogP contribution in [0.5, 0.6) is 0 Å². The van der Waals surface area contributed by atoms with E-state index >= 15 is 0 Å². The average Bonchev–Trinajstić information content (AvgIpc) is 2.93. The fourth-order valence-corrected chi connectivity index (χ4v) is 2.39. The number of aromatic nitrogens is 1. The van der Waals surface area contributed by atoms with Crippen molar-refractivity contribution in [1.82, 2.24) is 4.98 Å². The van der Waals surface area contributed by atoms with Crippen LogP contribution in [0.1, 0.15) is 31.7 Å². The van der Waals surface area contributed by atoms with Gasteiger partial charge in [0.2, 0.25) is 0 Å².